The summed E-state index contributed by atoms with van der Waals surface area (Å²) in [7, 11) is 8.16. The molecule has 0 aliphatic rings. The molecule has 0 saturated heterocycles. The molecule has 0 fully saturated rings. The molecule has 4 rings (SSSR count). The highest BCUT2D eigenvalue weighted by Crippen LogP contribution is 2.47. The highest BCUT2D eigenvalue weighted by atomic mass is 16.5. The third kappa shape index (κ3) is 6.07. The van der Waals surface area contributed by atoms with Crippen molar-refractivity contribution < 1.29 is 9.53 Å². The number of anilines is 3. The van der Waals surface area contributed by atoms with Gasteiger partial charge in [-0.3, -0.25) is 0 Å². The van der Waals surface area contributed by atoms with Gasteiger partial charge in [-0.25, -0.2) is 4.79 Å². The van der Waals surface area contributed by atoms with Gasteiger partial charge >= 0.3 is 6.09 Å². The quantitative estimate of drug-likeness (QED) is 0.222. The number of benzene rings is 4. The number of amides is 1. The Balaban J connectivity index is 2.06. The Morgan fingerprint density at radius 1 is 0.725 bits per heavy atom. The van der Waals surface area contributed by atoms with Crippen molar-refractivity contribution in [3.63, 3.8) is 0 Å². The zero-order valence-corrected chi connectivity index (χ0v) is 24.4. The lowest BCUT2D eigenvalue weighted by Gasteiger charge is -2.29. The summed E-state index contributed by atoms with van der Waals surface area (Å²) >= 11 is 0. The molecule has 4 aromatic carbocycles. The molecule has 0 aliphatic carbocycles. The van der Waals surface area contributed by atoms with Crippen molar-refractivity contribution in [1.29, 1.82) is 0 Å². The fourth-order valence-electron chi connectivity index (χ4n) is 5.23. The standard InChI is InChI=1S/C34H40N4O2/c1-7-38(8-2)30-23-22-29(32(33(30)40-34(35)39)24-12-10-9-11-13-24)31(25-14-18-27(19-15-25)36(3)4)26-16-20-28(21-17-26)37(5)6/h9-23,31H,7-8H2,1-6H3,(H2,35,39). The van der Waals surface area contributed by atoms with Crippen LogP contribution in [-0.4, -0.2) is 47.4 Å². The van der Waals surface area contributed by atoms with Crippen molar-refractivity contribution >= 4 is 23.2 Å². The summed E-state index contributed by atoms with van der Waals surface area (Å²) in [5.41, 5.74) is 13.9. The van der Waals surface area contributed by atoms with E-state index in [0.29, 0.717) is 5.75 Å². The predicted molar refractivity (Wildman–Crippen MR) is 168 cm³/mol. The number of hydrogen-bond acceptors (Lipinski definition) is 5. The normalized spacial score (nSPS) is 10.9. The van der Waals surface area contributed by atoms with Crippen LogP contribution in [0.1, 0.15) is 36.5 Å². The Morgan fingerprint density at radius 2 is 1.23 bits per heavy atom. The van der Waals surface area contributed by atoms with Crippen molar-refractivity contribution in [2.75, 3.05) is 56.0 Å². The average molecular weight is 537 g/mol. The van der Waals surface area contributed by atoms with Gasteiger partial charge < -0.3 is 25.2 Å². The van der Waals surface area contributed by atoms with E-state index in [1.807, 2.05) is 46.4 Å². The summed E-state index contributed by atoms with van der Waals surface area (Å²) in [5.74, 6) is 0.364. The second kappa shape index (κ2) is 12.6. The Labute approximate surface area is 238 Å². The Hall–Kier alpha value is -4.45. The SMILES string of the molecule is CCN(CC)c1ccc(C(c2ccc(N(C)C)cc2)c2ccc(N(C)C)cc2)c(-c2ccccc2)c1OC(N)=O. The maximum atomic E-state index is 12.3. The lowest BCUT2D eigenvalue weighted by molar-refractivity contribution is 0.211. The van der Waals surface area contributed by atoms with Gasteiger partial charge in [-0.15, -0.1) is 0 Å². The predicted octanol–water partition coefficient (Wildman–Crippen LogP) is 6.97. The van der Waals surface area contributed by atoms with Crippen LogP contribution < -0.4 is 25.2 Å². The van der Waals surface area contributed by atoms with Crippen LogP contribution in [0.25, 0.3) is 11.1 Å². The first kappa shape index (κ1) is 28.6. The first-order chi connectivity index (χ1) is 19.2. The molecule has 0 aromatic heterocycles. The zero-order valence-electron chi connectivity index (χ0n) is 24.4. The number of hydrogen-bond donors (Lipinski definition) is 1. The van der Waals surface area contributed by atoms with Crippen LogP contribution >= 0.6 is 0 Å². The highest BCUT2D eigenvalue weighted by molar-refractivity contribution is 5.86. The molecule has 40 heavy (non-hydrogen) atoms. The Kier molecular flexibility index (Phi) is 9.00. The molecule has 0 aliphatic heterocycles. The maximum Gasteiger partial charge on any atom is 0.410 e. The van der Waals surface area contributed by atoms with Gasteiger partial charge in [0.05, 0.1) is 5.69 Å². The molecular formula is C34H40N4O2. The van der Waals surface area contributed by atoms with Crippen molar-refractivity contribution in [1.82, 2.24) is 0 Å². The molecule has 0 radical (unpaired) electrons. The molecule has 0 spiro atoms. The van der Waals surface area contributed by atoms with Crippen LogP contribution in [0.2, 0.25) is 0 Å². The van der Waals surface area contributed by atoms with E-state index in [0.717, 1.165) is 58.0 Å². The van der Waals surface area contributed by atoms with Gasteiger partial charge in [-0.2, -0.15) is 0 Å². The summed E-state index contributed by atoms with van der Waals surface area (Å²) in [6.45, 7) is 5.71. The van der Waals surface area contributed by atoms with E-state index in [9.17, 15) is 4.79 Å². The topological polar surface area (TPSA) is 62.0 Å². The van der Waals surface area contributed by atoms with Gasteiger partial charge in [0.25, 0.3) is 0 Å². The van der Waals surface area contributed by atoms with Gasteiger partial charge in [0.2, 0.25) is 0 Å². The van der Waals surface area contributed by atoms with E-state index in [1.165, 1.54) is 0 Å². The first-order valence-electron chi connectivity index (χ1n) is 13.7. The maximum absolute atomic E-state index is 12.3. The van der Waals surface area contributed by atoms with Crippen molar-refractivity contribution in [2.24, 2.45) is 5.73 Å². The molecule has 0 atom stereocenters. The highest BCUT2D eigenvalue weighted by Gasteiger charge is 2.27. The third-order valence-corrected chi connectivity index (χ3v) is 7.34. The van der Waals surface area contributed by atoms with Gasteiger partial charge in [-0.05, 0) is 66.4 Å². The lowest BCUT2D eigenvalue weighted by atomic mass is 9.80. The average Bonchev–Trinajstić information content (AvgIpc) is 2.95. The number of nitrogens with zero attached hydrogens (tertiary/aromatic N) is 3. The Bertz CT molecular complexity index is 1360. The van der Waals surface area contributed by atoms with E-state index < -0.39 is 6.09 Å². The summed E-state index contributed by atoms with van der Waals surface area (Å²) in [6.07, 6.45) is -0.829. The van der Waals surface area contributed by atoms with Crippen LogP contribution in [-0.2, 0) is 0 Å². The molecule has 2 N–H and O–H groups in total. The molecule has 6 nitrogen and oxygen atoms in total. The minimum atomic E-state index is -0.829. The van der Waals surface area contributed by atoms with Gasteiger partial charge in [0.15, 0.2) is 5.75 Å². The summed E-state index contributed by atoms with van der Waals surface area (Å²) in [4.78, 5) is 18.7. The molecule has 0 bridgehead atoms. The molecule has 4 aromatic rings. The lowest BCUT2D eigenvalue weighted by Crippen LogP contribution is -2.25. The monoisotopic (exact) mass is 536 g/mol. The van der Waals surface area contributed by atoms with E-state index >= 15 is 0 Å². The first-order valence-corrected chi connectivity index (χ1v) is 13.7. The van der Waals surface area contributed by atoms with Crippen LogP contribution in [0.4, 0.5) is 21.9 Å². The second-order valence-electron chi connectivity index (χ2n) is 10.2. The third-order valence-electron chi connectivity index (χ3n) is 7.34. The number of carbonyl (C=O) groups excluding carboxylic acids is 1. The molecule has 0 saturated carbocycles. The molecule has 208 valence electrons. The largest absolute Gasteiger partial charge is 0.410 e. The van der Waals surface area contributed by atoms with E-state index in [4.69, 9.17) is 10.5 Å². The van der Waals surface area contributed by atoms with E-state index in [2.05, 4.69) is 101 Å². The summed E-state index contributed by atoms with van der Waals surface area (Å²) < 4.78 is 5.86. The smallest absolute Gasteiger partial charge is 0.408 e. The van der Waals surface area contributed by atoms with Crippen LogP contribution in [0, 0.1) is 0 Å². The van der Waals surface area contributed by atoms with Gasteiger partial charge in [0, 0.05) is 64.1 Å². The second-order valence-corrected chi connectivity index (χ2v) is 10.2. The number of rotatable bonds is 10. The van der Waals surface area contributed by atoms with Gasteiger partial charge in [-0.1, -0.05) is 60.7 Å². The minimum Gasteiger partial charge on any atom is -0.408 e. The van der Waals surface area contributed by atoms with Crippen molar-refractivity contribution in [2.45, 2.75) is 19.8 Å². The fraction of sp³-hybridized carbons (Fsp3) is 0.265. The minimum absolute atomic E-state index is 0.122. The molecule has 1 amide bonds. The van der Waals surface area contributed by atoms with Crippen LogP contribution in [0.15, 0.2) is 91.0 Å². The number of carbonyl (C=O) groups is 1. The zero-order chi connectivity index (χ0) is 28.8. The molecule has 6 heteroatoms. The molecule has 0 unspecified atom stereocenters. The van der Waals surface area contributed by atoms with Crippen molar-refractivity contribution in [3.05, 3.63) is 108 Å². The van der Waals surface area contributed by atoms with Gasteiger partial charge in [0.1, 0.15) is 0 Å². The van der Waals surface area contributed by atoms with Crippen LogP contribution in [0.5, 0.6) is 5.75 Å². The van der Waals surface area contributed by atoms with E-state index in [1.54, 1.807) is 0 Å². The molecular weight excluding hydrogens is 496 g/mol. The Morgan fingerprint density at radius 3 is 1.65 bits per heavy atom. The van der Waals surface area contributed by atoms with Crippen LogP contribution in [0.3, 0.4) is 0 Å². The number of primary amides is 1. The fourth-order valence-corrected chi connectivity index (χ4v) is 5.23. The number of nitrogens with two attached hydrogens (primary N) is 1. The number of ether oxygens (including phenoxy) is 1. The molecule has 0 heterocycles. The van der Waals surface area contributed by atoms with Crippen molar-refractivity contribution in [3.8, 4) is 16.9 Å². The summed E-state index contributed by atoms with van der Waals surface area (Å²) in [5, 5.41) is 0. The summed E-state index contributed by atoms with van der Waals surface area (Å²) in [6, 6.07) is 31.6. The van der Waals surface area contributed by atoms with E-state index in [-0.39, 0.29) is 5.92 Å².